The van der Waals surface area contributed by atoms with Crippen LogP contribution in [0.4, 0.5) is 0 Å². The number of allylic oxidation sites excluding steroid dienone is 32. The molecule has 0 spiro atoms. The molecule has 0 aromatic rings. The van der Waals surface area contributed by atoms with Gasteiger partial charge in [0, 0.05) is 12.8 Å². The van der Waals surface area contributed by atoms with Gasteiger partial charge in [0.2, 0.25) is 0 Å². The highest BCUT2D eigenvalue weighted by Gasteiger charge is 2.16. The molecular weight excluding hydrogens is 1030 g/mol. The number of carbonyl (C=O) groups is 2. The maximum Gasteiger partial charge on any atom is 0.306 e. The van der Waals surface area contributed by atoms with Crippen molar-refractivity contribution >= 4 is 11.9 Å². The average molecular weight is 1150 g/mol. The van der Waals surface area contributed by atoms with Gasteiger partial charge < -0.3 is 14.6 Å². The Hall–Kier alpha value is -5.26. The quantitative estimate of drug-likeness (QED) is 0.0373. The van der Waals surface area contributed by atoms with Crippen molar-refractivity contribution in [1.29, 1.82) is 0 Å². The van der Waals surface area contributed by atoms with Crippen LogP contribution in [-0.2, 0) is 19.1 Å². The van der Waals surface area contributed by atoms with Gasteiger partial charge in [-0.05, 0) is 141 Å². The fourth-order valence-electron chi connectivity index (χ4n) is 8.88. The highest BCUT2D eigenvalue weighted by molar-refractivity contribution is 5.70. The van der Waals surface area contributed by atoms with Crippen LogP contribution in [0.2, 0.25) is 0 Å². The zero-order valence-electron chi connectivity index (χ0n) is 53.8. The average Bonchev–Trinajstić information content (AvgIpc) is 3.51. The van der Waals surface area contributed by atoms with Crippen molar-refractivity contribution in [3.05, 3.63) is 194 Å². The molecular formula is C79H124O5. The molecule has 1 unspecified atom stereocenters. The van der Waals surface area contributed by atoms with E-state index in [2.05, 4.69) is 208 Å². The standard InChI is InChI=1S/C79H124O5/c1-3-5-7-9-11-13-15-17-19-21-23-25-27-29-31-33-35-36-37-38-39-40-41-42-44-46-48-50-52-54-56-58-60-62-64-66-68-70-72-74-79(82)84-77(75-80)76-83-78(81)73-71-69-67-65-63-61-59-57-55-53-51-49-47-45-43-34-32-30-28-26-24-22-20-18-16-14-12-10-8-6-4-2/h5-8,11-14,17-20,23-26,29-32,35-36,38-39,41-43,45-46,48-49,51,77,80H,3-4,9-10,15-16,21-22,27-28,33-34,37,40,44,47,50,52-76H2,1-2H3/b7-5-,8-6-,13-11-,14-12-,19-17-,20-18-,25-23-,26-24-,31-29-,32-30-,36-35-,39-38-,42-41-,45-43-,48-46-,51-49-. The first-order chi connectivity index (χ1) is 41.6. The molecule has 84 heavy (non-hydrogen) atoms. The van der Waals surface area contributed by atoms with Crippen molar-refractivity contribution in [3.63, 3.8) is 0 Å². The number of esters is 2. The lowest BCUT2D eigenvalue weighted by Crippen LogP contribution is -2.28. The minimum Gasteiger partial charge on any atom is -0.462 e. The van der Waals surface area contributed by atoms with E-state index in [4.69, 9.17) is 9.47 Å². The minimum absolute atomic E-state index is 0.0814. The predicted octanol–water partition coefficient (Wildman–Crippen LogP) is 24.0. The molecule has 5 nitrogen and oxygen atoms in total. The van der Waals surface area contributed by atoms with Gasteiger partial charge >= 0.3 is 11.9 Å². The summed E-state index contributed by atoms with van der Waals surface area (Å²) in [5, 5.41) is 9.70. The van der Waals surface area contributed by atoms with E-state index in [0.29, 0.717) is 12.8 Å². The minimum atomic E-state index is -0.792. The molecule has 0 aromatic heterocycles. The van der Waals surface area contributed by atoms with E-state index in [9.17, 15) is 14.7 Å². The molecule has 0 saturated carbocycles. The normalized spacial score (nSPS) is 13.5. The Balaban J connectivity index is 3.59. The number of unbranched alkanes of at least 4 members (excludes halogenated alkanes) is 20. The summed E-state index contributed by atoms with van der Waals surface area (Å²) in [6, 6.07) is 0. The molecule has 0 amide bonds. The zero-order chi connectivity index (χ0) is 60.5. The molecule has 470 valence electrons. The van der Waals surface area contributed by atoms with E-state index < -0.39 is 6.10 Å². The van der Waals surface area contributed by atoms with Crippen molar-refractivity contribution < 1.29 is 24.2 Å². The van der Waals surface area contributed by atoms with Gasteiger partial charge in [-0.3, -0.25) is 9.59 Å². The third kappa shape index (κ3) is 69.2. The number of carbonyl (C=O) groups excluding carboxylic acids is 2. The van der Waals surface area contributed by atoms with E-state index in [1.807, 2.05) is 0 Å². The summed E-state index contributed by atoms with van der Waals surface area (Å²) in [4.78, 5) is 24.6. The van der Waals surface area contributed by atoms with E-state index in [1.165, 1.54) is 96.3 Å². The maximum absolute atomic E-state index is 12.4. The van der Waals surface area contributed by atoms with Crippen LogP contribution in [0.15, 0.2) is 194 Å². The molecule has 0 aliphatic heterocycles. The topological polar surface area (TPSA) is 72.8 Å². The lowest BCUT2D eigenvalue weighted by molar-refractivity contribution is -0.161. The third-order valence-corrected chi connectivity index (χ3v) is 13.9. The Kier molecular flexibility index (Phi) is 67.5. The Morgan fingerprint density at radius 3 is 0.714 bits per heavy atom. The molecule has 0 aliphatic carbocycles. The second-order valence-electron chi connectivity index (χ2n) is 21.8. The van der Waals surface area contributed by atoms with E-state index in [-0.39, 0.29) is 25.2 Å². The van der Waals surface area contributed by atoms with Gasteiger partial charge in [-0.25, -0.2) is 0 Å². The molecule has 5 heteroatoms. The van der Waals surface area contributed by atoms with E-state index in [1.54, 1.807) is 0 Å². The summed E-state index contributed by atoms with van der Waals surface area (Å²) >= 11 is 0. The van der Waals surface area contributed by atoms with Crippen molar-refractivity contribution in [3.8, 4) is 0 Å². The first-order valence-corrected chi connectivity index (χ1v) is 34.0. The summed E-state index contributed by atoms with van der Waals surface area (Å²) in [6.45, 7) is 3.90. The number of hydrogen-bond donors (Lipinski definition) is 1. The van der Waals surface area contributed by atoms with E-state index in [0.717, 1.165) is 148 Å². The van der Waals surface area contributed by atoms with E-state index >= 15 is 0 Å². The summed E-state index contributed by atoms with van der Waals surface area (Å²) in [5.74, 6) is -0.610. The smallest absolute Gasteiger partial charge is 0.306 e. The van der Waals surface area contributed by atoms with Crippen LogP contribution in [-0.4, -0.2) is 36.4 Å². The van der Waals surface area contributed by atoms with Crippen LogP contribution in [0.5, 0.6) is 0 Å². The van der Waals surface area contributed by atoms with Gasteiger partial charge in [0.15, 0.2) is 6.10 Å². The number of aliphatic hydroxyl groups is 1. The molecule has 0 heterocycles. The molecule has 0 radical (unpaired) electrons. The predicted molar refractivity (Wildman–Crippen MR) is 370 cm³/mol. The van der Waals surface area contributed by atoms with Gasteiger partial charge in [0.25, 0.3) is 0 Å². The Morgan fingerprint density at radius 2 is 0.476 bits per heavy atom. The second-order valence-corrected chi connectivity index (χ2v) is 21.8. The van der Waals surface area contributed by atoms with Crippen LogP contribution in [0, 0.1) is 0 Å². The van der Waals surface area contributed by atoms with Gasteiger partial charge in [-0.2, -0.15) is 0 Å². The van der Waals surface area contributed by atoms with Crippen LogP contribution >= 0.6 is 0 Å². The summed E-state index contributed by atoms with van der Waals surface area (Å²) in [5.41, 5.74) is 0. The zero-order valence-corrected chi connectivity index (χ0v) is 53.8. The fourth-order valence-corrected chi connectivity index (χ4v) is 8.88. The number of aliphatic hydroxyl groups excluding tert-OH is 1. The molecule has 0 aromatic carbocycles. The molecule has 1 atom stereocenters. The SMILES string of the molecule is CC/C=C\C/C=C\C/C=C\C/C=C\C/C=C\C/C=C\C/C=C\C/C=C\C/C=C\CCCCCCCCCCCCCC(=O)OC(CO)COC(=O)CCCCCCCCCCC/C=C\C/C=C\C/C=C\C/C=C\C/C=C\C/C=C\C/C=C\CC. The molecule has 0 saturated heterocycles. The lowest BCUT2D eigenvalue weighted by atomic mass is 10.0. The molecule has 1 N–H and O–H groups in total. The Morgan fingerprint density at radius 1 is 0.274 bits per heavy atom. The van der Waals surface area contributed by atoms with Crippen molar-refractivity contribution in [2.24, 2.45) is 0 Å². The largest absolute Gasteiger partial charge is 0.462 e. The Labute approximate surface area is 518 Å². The second kappa shape index (κ2) is 72.0. The summed E-state index contributed by atoms with van der Waals surface area (Å²) in [6.07, 6.45) is 114. The van der Waals surface area contributed by atoms with Gasteiger partial charge in [0.1, 0.15) is 6.61 Å². The number of ether oxygens (including phenoxy) is 2. The van der Waals surface area contributed by atoms with Crippen LogP contribution in [0.25, 0.3) is 0 Å². The number of rotatable bonds is 60. The van der Waals surface area contributed by atoms with Gasteiger partial charge in [-0.15, -0.1) is 0 Å². The van der Waals surface area contributed by atoms with Crippen LogP contribution in [0.1, 0.15) is 271 Å². The Bertz CT molecular complexity index is 1930. The van der Waals surface area contributed by atoms with Crippen molar-refractivity contribution in [2.75, 3.05) is 13.2 Å². The van der Waals surface area contributed by atoms with Gasteiger partial charge in [0.05, 0.1) is 6.61 Å². The number of hydrogen-bond acceptors (Lipinski definition) is 5. The highest BCUT2D eigenvalue weighted by Crippen LogP contribution is 2.15. The van der Waals surface area contributed by atoms with Crippen LogP contribution in [0.3, 0.4) is 0 Å². The van der Waals surface area contributed by atoms with Gasteiger partial charge in [-0.1, -0.05) is 311 Å². The summed E-state index contributed by atoms with van der Waals surface area (Å²) < 4.78 is 10.7. The van der Waals surface area contributed by atoms with Crippen molar-refractivity contribution in [1.82, 2.24) is 0 Å². The first-order valence-electron chi connectivity index (χ1n) is 34.0. The lowest BCUT2D eigenvalue weighted by Gasteiger charge is -2.15. The first kappa shape index (κ1) is 78.7. The summed E-state index contributed by atoms with van der Waals surface area (Å²) in [7, 11) is 0. The highest BCUT2D eigenvalue weighted by atomic mass is 16.6. The molecule has 0 rings (SSSR count). The monoisotopic (exact) mass is 1150 g/mol. The molecule has 0 aliphatic rings. The maximum atomic E-state index is 12.4. The third-order valence-electron chi connectivity index (χ3n) is 13.9. The van der Waals surface area contributed by atoms with Crippen LogP contribution < -0.4 is 0 Å². The fraction of sp³-hybridized carbons (Fsp3) is 0.570. The molecule has 0 fully saturated rings. The van der Waals surface area contributed by atoms with Crippen molar-refractivity contribution in [2.45, 2.75) is 277 Å². The molecule has 0 bridgehead atoms.